The van der Waals surface area contributed by atoms with Crippen molar-refractivity contribution in [1.29, 1.82) is 0 Å². The van der Waals surface area contributed by atoms with E-state index in [1.165, 1.54) is 16.1 Å². The van der Waals surface area contributed by atoms with Crippen molar-refractivity contribution in [3.8, 4) is 0 Å². The van der Waals surface area contributed by atoms with Crippen LogP contribution in [-0.4, -0.2) is 5.25 Å². The molecule has 1 atom stereocenters. The van der Waals surface area contributed by atoms with Crippen LogP contribution in [0.15, 0.2) is 59.6 Å². The Morgan fingerprint density at radius 3 is 2.79 bits per heavy atom. The Balaban J connectivity index is 2.11. The van der Waals surface area contributed by atoms with E-state index in [-0.39, 0.29) is 0 Å². The molecule has 1 heterocycles. The lowest BCUT2D eigenvalue weighted by molar-refractivity contribution is 1.08. The summed E-state index contributed by atoms with van der Waals surface area (Å²) in [5.41, 5.74) is 2.78. The molecule has 0 aromatic rings. The second-order valence-corrected chi connectivity index (χ2v) is 4.80. The van der Waals surface area contributed by atoms with E-state index < -0.39 is 0 Å². The van der Waals surface area contributed by atoms with Crippen LogP contribution in [0, 0.1) is 0 Å². The molecule has 0 aromatic carbocycles. The maximum Gasteiger partial charge on any atom is 0.0318 e. The van der Waals surface area contributed by atoms with Gasteiger partial charge in [-0.1, -0.05) is 24.3 Å². The maximum atomic E-state index is 3.77. The van der Waals surface area contributed by atoms with Gasteiger partial charge in [-0.25, -0.2) is 0 Å². The topological polar surface area (TPSA) is 0 Å². The van der Waals surface area contributed by atoms with Crippen LogP contribution in [0.25, 0.3) is 0 Å². The van der Waals surface area contributed by atoms with E-state index in [1.54, 1.807) is 0 Å². The summed E-state index contributed by atoms with van der Waals surface area (Å²) in [5, 5.41) is 0.607. The lowest BCUT2D eigenvalue weighted by atomic mass is 10.2. The van der Waals surface area contributed by atoms with Crippen molar-refractivity contribution >= 4 is 11.8 Å². The Bertz CT molecular complexity index is 355. The maximum absolute atomic E-state index is 3.77. The minimum Gasteiger partial charge on any atom is -0.118 e. The minimum atomic E-state index is 0.607. The third-order valence-electron chi connectivity index (χ3n) is 2.36. The number of rotatable bonds is 4. The van der Waals surface area contributed by atoms with Gasteiger partial charge in [0.15, 0.2) is 0 Å². The Hall–Kier alpha value is -0.950. The number of fused-ring (bicyclic) bond motifs is 1. The summed E-state index contributed by atoms with van der Waals surface area (Å²) in [6, 6.07) is 0. The average molecular weight is 202 g/mol. The number of hydrogen-bond acceptors (Lipinski definition) is 1. The molecule has 72 valence electrons. The van der Waals surface area contributed by atoms with Crippen LogP contribution < -0.4 is 0 Å². The van der Waals surface area contributed by atoms with Gasteiger partial charge in [0, 0.05) is 10.2 Å². The Morgan fingerprint density at radius 2 is 2.14 bits per heavy atom. The fourth-order valence-electron chi connectivity index (χ4n) is 1.76. The molecule has 1 unspecified atom stereocenters. The molecule has 1 aliphatic carbocycles. The van der Waals surface area contributed by atoms with Gasteiger partial charge in [0.25, 0.3) is 0 Å². The SMILES string of the molecule is C=CCC1=CC2=CC(CC=C)SC2=C1. The molecule has 0 N–H and O–H groups in total. The fourth-order valence-corrected chi connectivity index (χ4v) is 3.01. The van der Waals surface area contributed by atoms with Gasteiger partial charge in [-0.15, -0.1) is 24.9 Å². The molecule has 2 rings (SSSR count). The van der Waals surface area contributed by atoms with Gasteiger partial charge in [0.2, 0.25) is 0 Å². The van der Waals surface area contributed by atoms with Crippen LogP contribution in [0.4, 0.5) is 0 Å². The first-order chi connectivity index (χ1) is 6.83. The number of allylic oxidation sites excluding steroid dienone is 6. The summed E-state index contributed by atoms with van der Waals surface area (Å²) in [5.74, 6) is 0. The first-order valence-corrected chi connectivity index (χ1v) is 5.74. The molecule has 2 aliphatic rings. The van der Waals surface area contributed by atoms with Crippen LogP contribution in [-0.2, 0) is 0 Å². The normalized spacial score (nSPS) is 23.7. The van der Waals surface area contributed by atoms with Crippen molar-refractivity contribution in [3.63, 3.8) is 0 Å². The van der Waals surface area contributed by atoms with Crippen molar-refractivity contribution in [2.24, 2.45) is 0 Å². The molecule has 0 radical (unpaired) electrons. The summed E-state index contributed by atoms with van der Waals surface area (Å²) in [7, 11) is 0. The highest BCUT2D eigenvalue weighted by Crippen LogP contribution is 2.43. The lowest BCUT2D eigenvalue weighted by Gasteiger charge is -2.01. The third-order valence-corrected chi connectivity index (χ3v) is 3.60. The largest absolute Gasteiger partial charge is 0.118 e. The van der Waals surface area contributed by atoms with E-state index in [1.807, 2.05) is 23.9 Å². The molecular weight excluding hydrogens is 188 g/mol. The molecule has 0 saturated carbocycles. The van der Waals surface area contributed by atoms with E-state index in [4.69, 9.17) is 0 Å². The molecule has 0 nitrogen and oxygen atoms in total. The molecule has 0 fully saturated rings. The number of hydrogen-bond donors (Lipinski definition) is 0. The first kappa shape index (κ1) is 9.60. The minimum absolute atomic E-state index is 0.607. The summed E-state index contributed by atoms with van der Waals surface area (Å²) in [6.45, 7) is 7.52. The van der Waals surface area contributed by atoms with Gasteiger partial charge in [-0.2, -0.15) is 0 Å². The van der Waals surface area contributed by atoms with Crippen LogP contribution in [0.5, 0.6) is 0 Å². The van der Waals surface area contributed by atoms with Crippen LogP contribution in [0.2, 0.25) is 0 Å². The van der Waals surface area contributed by atoms with E-state index >= 15 is 0 Å². The van der Waals surface area contributed by atoms with Gasteiger partial charge in [0.1, 0.15) is 0 Å². The highest BCUT2D eigenvalue weighted by Gasteiger charge is 2.22. The van der Waals surface area contributed by atoms with Gasteiger partial charge >= 0.3 is 0 Å². The highest BCUT2D eigenvalue weighted by atomic mass is 32.2. The van der Waals surface area contributed by atoms with Crippen molar-refractivity contribution in [3.05, 3.63) is 59.6 Å². The van der Waals surface area contributed by atoms with Crippen molar-refractivity contribution < 1.29 is 0 Å². The molecule has 0 amide bonds. The molecule has 1 heteroatoms. The standard InChI is InChI=1S/C13H14S/c1-3-5-10-7-11-9-12(6-4-2)14-13(11)8-10/h3-4,7-9,12H,1-2,5-6H2. The predicted molar refractivity (Wildman–Crippen MR) is 65.3 cm³/mol. The zero-order valence-electron chi connectivity index (χ0n) is 8.20. The van der Waals surface area contributed by atoms with Crippen LogP contribution in [0.1, 0.15) is 12.8 Å². The van der Waals surface area contributed by atoms with Gasteiger partial charge < -0.3 is 0 Å². The van der Waals surface area contributed by atoms with Crippen LogP contribution in [0.3, 0.4) is 0 Å². The second kappa shape index (κ2) is 4.05. The van der Waals surface area contributed by atoms with Crippen molar-refractivity contribution in [2.45, 2.75) is 18.1 Å². The summed E-state index contributed by atoms with van der Waals surface area (Å²) in [6.07, 6.45) is 12.9. The number of thioether (sulfide) groups is 1. The molecule has 0 bridgehead atoms. The summed E-state index contributed by atoms with van der Waals surface area (Å²) >= 11 is 1.95. The smallest absolute Gasteiger partial charge is 0.0318 e. The van der Waals surface area contributed by atoms with E-state index in [0.29, 0.717) is 5.25 Å². The summed E-state index contributed by atoms with van der Waals surface area (Å²) < 4.78 is 0. The molecular formula is C13H14S. The van der Waals surface area contributed by atoms with E-state index in [2.05, 4.69) is 31.4 Å². The fraction of sp³-hybridized carbons (Fsp3) is 0.231. The highest BCUT2D eigenvalue weighted by molar-refractivity contribution is 8.04. The Morgan fingerprint density at radius 1 is 1.29 bits per heavy atom. The van der Waals surface area contributed by atoms with Crippen LogP contribution >= 0.6 is 11.8 Å². The quantitative estimate of drug-likeness (QED) is 0.621. The molecule has 0 spiro atoms. The Kier molecular flexibility index (Phi) is 2.78. The van der Waals surface area contributed by atoms with Gasteiger partial charge in [-0.3, -0.25) is 0 Å². The van der Waals surface area contributed by atoms with Crippen molar-refractivity contribution in [1.82, 2.24) is 0 Å². The molecule has 0 saturated heterocycles. The van der Waals surface area contributed by atoms with E-state index in [0.717, 1.165) is 12.8 Å². The average Bonchev–Trinajstić information content (AvgIpc) is 2.62. The zero-order chi connectivity index (χ0) is 9.97. The zero-order valence-corrected chi connectivity index (χ0v) is 9.02. The third kappa shape index (κ3) is 1.78. The Labute approximate surface area is 89.8 Å². The molecule has 14 heavy (non-hydrogen) atoms. The van der Waals surface area contributed by atoms with E-state index in [9.17, 15) is 0 Å². The van der Waals surface area contributed by atoms with Crippen molar-refractivity contribution in [2.75, 3.05) is 0 Å². The van der Waals surface area contributed by atoms with Gasteiger partial charge in [-0.05, 0) is 30.1 Å². The lowest BCUT2D eigenvalue weighted by Crippen LogP contribution is -1.89. The first-order valence-electron chi connectivity index (χ1n) is 4.86. The van der Waals surface area contributed by atoms with Gasteiger partial charge in [0.05, 0.1) is 0 Å². The second-order valence-electron chi connectivity index (χ2n) is 3.52. The predicted octanol–water partition coefficient (Wildman–Crippen LogP) is 4.00. The summed E-state index contributed by atoms with van der Waals surface area (Å²) in [4.78, 5) is 1.42. The molecule has 0 aromatic heterocycles. The monoisotopic (exact) mass is 202 g/mol. The molecule has 1 aliphatic heterocycles.